The monoisotopic (exact) mass is 274 g/mol. The standard InChI is InChI=1S/C14H8Cl2N2/c15-9-5-6-13-11(7-9)14(18-8-17-13)10-3-1-2-4-12(10)16/h1-8H. The van der Waals surface area contributed by atoms with Crippen LogP contribution in [0.1, 0.15) is 0 Å². The van der Waals surface area contributed by atoms with Gasteiger partial charge in [-0.25, -0.2) is 9.97 Å². The molecule has 2 nitrogen and oxygen atoms in total. The third-order valence-corrected chi connectivity index (χ3v) is 3.29. The lowest BCUT2D eigenvalue weighted by atomic mass is 10.1. The molecule has 0 aliphatic heterocycles. The molecule has 2 aromatic carbocycles. The quantitative estimate of drug-likeness (QED) is 0.648. The average molecular weight is 275 g/mol. The highest BCUT2D eigenvalue weighted by atomic mass is 35.5. The molecule has 0 amide bonds. The Labute approximate surface area is 114 Å². The second-order valence-corrected chi connectivity index (χ2v) is 4.71. The van der Waals surface area contributed by atoms with Crippen LogP contribution in [0.4, 0.5) is 0 Å². The van der Waals surface area contributed by atoms with Crippen LogP contribution in [0.5, 0.6) is 0 Å². The van der Waals surface area contributed by atoms with E-state index in [1.54, 1.807) is 0 Å². The van der Waals surface area contributed by atoms with Gasteiger partial charge in [0.2, 0.25) is 0 Å². The topological polar surface area (TPSA) is 25.8 Å². The SMILES string of the molecule is Clc1ccc2ncnc(-c3ccccc3Cl)c2c1. The summed E-state index contributed by atoms with van der Waals surface area (Å²) in [6, 6.07) is 13.1. The fourth-order valence-electron chi connectivity index (χ4n) is 1.90. The Kier molecular flexibility index (Phi) is 2.90. The molecule has 1 heterocycles. The second-order valence-electron chi connectivity index (χ2n) is 3.86. The Hall–Kier alpha value is -1.64. The lowest BCUT2D eigenvalue weighted by molar-refractivity contribution is 1.22. The fraction of sp³-hybridized carbons (Fsp3) is 0. The molecular weight excluding hydrogens is 267 g/mol. The summed E-state index contributed by atoms with van der Waals surface area (Å²) < 4.78 is 0. The van der Waals surface area contributed by atoms with E-state index in [1.165, 1.54) is 6.33 Å². The lowest BCUT2D eigenvalue weighted by Gasteiger charge is -2.07. The maximum Gasteiger partial charge on any atom is 0.116 e. The summed E-state index contributed by atoms with van der Waals surface area (Å²) >= 11 is 12.2. The van der Waals surface area contributed by atoms with Gasteiger partial charge in [0, 0.05) is 21.0 Å². The van der Waals surface area contributed by atoms with Crippen LogP contribution >= 0.6 is 23.2 Å². The number of hydrogen-bond acceptors (Lipinski definition) is 2. The third-order valence-electron chi connectivity index (χ3n) is 2.73. The third kappa shape index (κ3) is 1.94. The van der Waals surface area contributed by atoms with E-state index in [0.717, 1.165) is 22.2 Å². The van der Waals surface area contributed by atoms with Gasteiger partial charge in [-0.1, -0.05) is 41.4 Å². The van der Waals surface area contributed by atoms with Gasteiger partial charge in [0.1, 0.15) is 6.33 Å². The molecule has 0 spiro atoms. The number of benzene rings is 2. The number of fused-ring (bicyclic) bond motifs is 1. The molecule has 4 heteroatoms. The van der Waals surface area contributed by atoms with Gasteiger partial charge < -0.3 is 0 Å². The molecule has 0 unspecified atom stereocenters. The Morgan fingerprint density at radius 3 is 2.56 bits per heavy atom. The Bertz CT molecular complexity index is 726. The summed E-state index contributed by atoms with van der Waals surface area (Å²) in [7, 11) is 0. The summed E-state index contributed by atoms with van der Waals surface area (Å²) in [5.41, 5.74) is 2.53. The van der Waals surface area contributed by atoms with Crippen molar-refractivity contribution in [3.8, 4) is 11.3 Å². The molecule has 3 aromatic rings. The molecule has 88 valence electrons. The first-order valence-electron chi connectivity index (χ1n) is 5.41. The number of aromatic nitrogens is 2. The van der Waals surface area contributed by atoms with E-state index in [9.17, 15) is 0 Å². The predicted octanol–water partition coefficient (Wildman–Crippen LogP) is 4.60. The zero-order chi connectivity index (χ0) is 12.5. The van der Waals surface area contributed by atoms with Crippen molar-refractivity contribution in [2.24, 2.45) is 0 Å². The predicted molar refractivity (Wildman–Crippen MR) is 75.0 cm³/mol. The molecule has 3 rings (SSSR count). The Morgan fingerprint density at radius 1 is 0.889 bits per heavy atom. The van der Waals surface area contributed by atoms with Crippen LogP contribution in [0.15, 0.2) is 48.8 Å². The minimum Gasteiger partial charge on any atom is -0.236 e. The van der Waals surface area contributed by atoms with Gasteiger partial charge in [0.15, 0.2) is 0 Å². The van der Waals surface area contributed by atoms with E-state index < -0.39 is 0 Å². The molecular formula is C14H8Cl2N2. The fourth-order valence-corrected chi connectivity index (χ4v) is 2.29. The number of halogens is 2. The summed E-state index contributed by atoms with van der Waals surface area (Å²) in [4.78, 5) is 8.55. The van der Waals surface area contributed by atoms with Crippen molar-refractivity contribution in [2.45, 2.75) is 0 Å². The van der Waals surface area contributed by atoms with Crippen molar-refractivity contribution in [2.75, 3.05) is 0 Å². The zero-order valence-electron chi connectivity index (χ0n) is 9.27. The van der Waals surface area contributed by atoms with E-state index in [4.69, 9.17) is 23.2 Å². The number of nitrogens with zero attached hydrogens (tertiary/aromatic N) is 2. The molecule has 0 atom stereocenters. The molecule has 0 radical (unpaired) electrons. The molecule has 0 bridgehead atoms. The van der Waals surface area contributed by atoms with Crippen LogP contribution in [0.25, 0.3) is 22.2 Å². The van der Waals surface area contributed by atoms with Crippen LogP contribution in [-0.4, -0.2) is 9.97 Å². The van der Waals surface area contributed by atoms with Crippen LogP contribution in [0.2, 0.25) is 10.0 Å². The minimum absolute atomic E-state index is 0.658. The van der Waals surface area contributed by atoms with Crippen LogP contribution in [0, 0.1) is 0 Å². The molecule has 18 heavy (non-hydrogen) atoms. The lowest BCUT2D eigenvalue weighted by Crippen LogP contribution is -1.89. The molecule has 0 aliphatic carbocycles. The summed E-state index contributed by atoms with van der Waals surface area (Å²) in [5, 5.41) is 2.22. The first-order valence-corrected chi connectivity index (χ1v) is 6.16. The van der Waals surface area contributed by atoms with Crippen LogP contribution in [0.3, 0.4) is 0 Å². The first-order chi connectivity index (χ1) is 8.75. The van der Waals surface area contributed by atoms with Gasteiger partial charge in [-0.15, -0.1) is 0 Å². The van der Waals surface area contributed by atoms with E-state index in [0.29, 0.717) is 10.0 Å². The van der Waals surface area contributed by atoms with Crippen molar-refractivity contribution in [1.29, 1.82) is 0 Å². The van der Waals surface area contributed by atoms with Crippen molar-refractivity contribution < 1.29 is 0 Å². The van der Waals surface area contributed by atoms with Gasteiger partial charge in [0.05, 0.1) is 11.2 Å². The molecule has 0 saturated heterocycles. The molecule has 0 N–H and O–H groups in total. The van der Waals surface area contributed by atoms with E-state index in [-0.39, 0.29) is 0 Å². The summed E-state index contributed by atoms with van der Waals surface area (Å²) in [6.45, 7) is 0. The Balaban J connectivity index is 2.36. The second kappa shape index (κ2) is 4.56. The summed E-state index contributed by atoms with van der Waals surface area (Å²) in [5.74, 6) is 0. The maximum atomic E-state index is 6.21. The minimum atomic E-state index is 0.658. The van der Waals surface area contributed by atoms with E-state index in [2.05, 4.69) is 9.97 Å². The Morgan fingerprint density at radius 2 is 1.72 bits per heavy atom. The van der Waals surface area contributed by atoms with Crippen molar-refractivity contribution >= 4 is 34.1 Å². The van der Waals surface area contributed by atoms with Gasteiger partial charge >= 0.3 is 0 Å². The molecule has 0 aliphatic rings. The van der Waals surface area contributed by atoms with E-state index in [1.807, 2.05) is 42.5 Å². The van der Waals surface area contributed by atoms with Gasteiger partial charge in [-0.3, -0.25) is 0 Å². The zero-order valence-corrected chi connectivity index (χ0v) is 10.8. The van der Waals surface area contributed by atoms with Gasteiger partial charge in [-0.2, -0.15) is 0 Å². The largest absolute Gasteiger partial charge is 0.236 e. The van der Waals surface area contributed by atoms with Crippen molar-refractivity contribution in [3.05, 3.63) is 58.8 Å². The highest BCUT2D eigenvalue weighted by Gasteiger charge is 2.09. The van der Waals surface area contributed by atoms with E-state index >= 15 is 0 Å². The van der Waals surface area contributed by atoms with Crippen molar-refractivity contribution in [3.63, 3.8) is 0 Å². The number of rotatable bonds is 1. The highest BCUT2D eigenvalue weighted by Crippen LogP contribution is 2.31. The average Bonchev–Trinajstić information content (AvgIpc) is 2.39. The van der Waals surface area contributed by atoms with Crippen LogP contribution in [-0.2, 0) is 0 Å². The first kappa shape index (κ1) is 11.5. The smallest absolute Gasteiger partial charge is 0.116 e. The van der Waals surface area contributed by atoms with Crippen molar-refractivity contribution in [1.82, 2.24) is 9.97 Å². The molecule has 0 fully saturated rings. The molecule has 0 saturated carbocycles. The molecule has 1 aromatic heterocycles. The van der Waals surface area contributed by atoms with Gasteiger partial charge in [0.25, 0.3) is 0 Å². The summed E-state index contributed by atoms with van der Waals surface area (Å²) in [6.07, 6.45) is 1.54. The van der Waals surface area contributed by atoms with Crippen LogP contribution < -0.4 is 0 Å². The number of hydrogen-bond donors (Lipinski definition) is 0. The maximum absolute atomic E-state index is 6.21. The highest BCUT2D eigenvalue weighted by molar-refractivity contribution is 6.34. The normalized spacial score (nSPS) is 10.8. The van der Waals surface area contributed by atoms with Gasteiger partial charge in [-0.05, 0) is 24.3 Å².